The van der Waals surface area contributed by atoms with Crippen molar-refractivity contribution in [3.8, 4) is 0 Å². The first-order valence-corrected chi connectivity index (χ1v) is 9.75. The molecule has 2 heterocycles. The summed E-state index contributed by atoms with van der Waals surface area (Å²) >= 11 is 0. The fraction of sp³-hybridized carbons (Fsp3) is 0.625. The van der Waals surface area contributed by atoms with E-state index in [1.165, 1.54) is 6.42 Å². The first kappa shape index (κ1) is 16.5. The molecule has 2 aliphatic rings. The van der Waals surface area contributed by atoms with E-state index in [4.69, 9.17) is 5.73 Å². The Labute approximate surface area is 138 Å². The summed E-state index contributed by atoms with van der Waals surface area (Å²) in [4.78, 5) is 4.70. The number of piperidine rings is 1. The molecule has 0 saturated carbocycles. The summed E-state index contributed by atoms with van der Waals surface area (Å²) in [6, 6.07) is 5.29. The summed E-state index contributed by atoms with van der Waals surface area (Å²) in [5, 5.41) is 0. The van der Waals surface area contributed by atoms with Gasteiger partial charge in [-0.3, -0.25) is 0 Å². The molecule has 0 bridgehead atoms. The van der Waals surface area contributed by atoms with Gasteiger partial charge in [0.1, 0.15) is 4.90 Å². The first-order valence-electron chi connectivity index (χ1n) is 8.31. The molecule has 2 aliphatic heterocycles. The fourth-order valence-electron chi connectivity index (χ4n) is 3.30. The topological polar surface area (TPSA) is 69.9 Å². The zero-order chi connectivity index (χ0) is 16.4. The van der Waals surface area contributed by atoms with Crippen LogP contribution in [0.3, 0.4) is 0 Å². The molecule has 6 nitrogen and oxygen atoms in total. The van der Waals surface area contributed by atoms with E-state index in [2.05, 4.69) is 9.80 Å². The van der Waals surface area contributed by atoms with Gasteiger partial charge in [-0.25, -0.2) is 8.42 Å². The van der Waals surface area contributed by atoms with E-state index in [-0.39, 0.29) is 0 Å². The molecule has 0 spiro atoms. The van der Waals surface area contributed by atoms with Crippen LogP contribution in [0.4, 0.5) is 11.4 Å². The van der Waals surface area contributed by atoms with Crippen molar-refractivity contribution in [3.63, 3.8) is 0 Å². The van der Waals surface area contributed by atoms with Gasteiger partial charge in [0.25, 0.3) is 0 Å². The molecule has 128 valence electrons. The Morgan fingerprint density at radius 1 is 0.957 bits per heavy atom. The summed E-state index contributed by atoms with van der Waals surface area (Å²) < 4.78 is 27.9. The highest BCUT2D eigenvalue weighted by Gasteiger charge is 2.31. The number of hydrogen-bond donors (Lipinski definition) is 1. The molecule has 0 atom stereocenters. The second-order valence-electron chi connectivity index (χ2n) is 6.48. The van der Waals surface area contributed by atoms with E-state index >= 15 is 0 Å². The standard InChI is InChI=1S/C16H26N4O2S/c1-18-9-11-20(12-10-18)23(21,22)16-13-14(17)5-6-15(16)19-7-3-2-4-8-19/h5-6,13H,2-4,7-12,17H2,1H3. The van der Waals surface area contributed by atoms with Crippen LogP contribution in [0.2, 0.25) is 0 Å². The molecule has 3 rings (SSSR count). The molecular formula is C16H26N4O2S. The zero-order valence-electron chi connectivity index (χ0n) is 13.7. The van der Waals surface area contributed by atoms with Crippen LogP contribution in [-0.2, 0) is 10.0 Å². The largest absolute Gasteiger partial charge is 0.399 e. The van der Waals surface area contributed by atoms with E-state index in [1.807, 2.05) is 13.1 Å². The Kier molecular flexibility index (Phi) is 4.79. The molecule has 0 amide bonds. The number of piperazine rings is 1. The number of likely N-dealkylation sites (N-methyl/N-ethyl adjacent to an activating group) is 1. The number of nitrogens with zero attached hydrogens (tertiary/aromatic N) is 3. The monoisotopic (exact) mass is 338 g/mol. The van der Waals surface area contributed by atoms with Crippen molar-refractivity contribution in [1.82, 2.24) is 9.21 Å². The van der Waals surface area contributed by atoms with Crippen LogP contribution in [0, 0.1) is 0 Å². The molecule has 0 aromatic heterocycles. The number of benzene rings is 1. The maximum atomic E-state index is 13.1. The van der Waals surface area contributed by atoms with Gasteiger partial charge in [0.15, 0.2) is 0 Å². The molecule has 23 heavy (non-hydrogen) atoms. The van der Waals surface area contributed by atoms with Gasteiger partial charge in [0, 0.05) is 45.0 Å². The van der Waals surface area contributed by atoms with E-state index in [9.17, 15) is 8.42 Å². The number of nitrogen functional groups attached to an aromatic ring is 1. The summed E-state index contributed by atoms with van der Waals surface area (Å²) in [7, 11) is -1.49. The van der Waals surface area contributed by atoms with Crippen molar-refractivity contribution in [2.45, 2.75) is 24.2 Å². The summed E-state index contributed by atoms with van der Waals surface area (Å²) in [5.74, 6) is 0. The average molecular weight is 338 g/mol. The van der Waals surface area contributed by atoms with E-state index in [0.29, 0.717) is 23.7 Å². The van der Waals surface area contributed by atoms with Gasteiger partial charge in [-0.1, -0.05) is 0 Å². The van der Waals surface area contributed by atoms with Crippen molar-refractivity contribution in [3.05, 3.63) is 18.2 Å². The van der Waals surface area contributed by atoms with E-state index in [1.54, 1.807) is 16.4 Å². The Morgan fingerprint density at radius 2 is 1.61 bits per heavy atom. The summed E-state index contributed by atoms with van der Waals surface area (Å²) in [5.41, 5.74) is 7.20. The van der Waals surface area contributed by atoms with Crippen LogP contribution in [0.25, 0.3) is 0 Å². The molecule has 2 N–H and O–H groups in total. The number of sulfonamides is 1. The molecule has 1 aromatic rings. The van der Waals surface area contributed by atoms with Crippen molar-refractivity contribution in [2.75, 3.05) is 56.9 Å². The molecule has 7 heteroatoms. The van der Waals surface area contributed by atoms with Crippen LogP contribution in [0.1, 0.15) is 19.3 Å². The molecule has 2 saturated heterocycles. The third-order valence-electron chi connectivity index (χ3n) is 4.76. The second kappa shape index (κ2) is 6.67. The number of hydrogen-bond acceptors (Lipinski definition) is 5. The third-order valence-corrected chi connectivity index (χ3v) is 6.69. The van der Waals surface area contributed by atoms with Gasteiger partial charge in [-0.2, -0.15) is 4.31 Å². The second-order valence-corrected chi connectivity index (χ2v) is 8.39. The minimum atomic E-state index is -3.50. The first-order chi connectivity index (χ1) is 11.0. The van der Waals surface area contributed by atoms with Gasteiger partial charge in [-0.15, -0.1) is 0 Å². The number of nitrogens with two attached hydrogens (primary N) is 1. The molecule has 0 unspecified atom stereocenters. The molecule has 2 fully saturated rings. The van der Waals surface area contributed by atoms with Gasteiger partial charge in [0.05, 0.1) is 5.69 Å². The lowest BCUT2D eigenvalue weighted by molar-refractivity contribution is 0.222. The molecule has 0 aliphatic carbocycles. The predicted molar refractivity (Wildman–Crippen MR) is 93.2 cm³/mol. The van der Waals surface area contributed by atoms with Gasteiger partial charge in [-0.05, 0) is 44.5 Å². The lowest BCUT2D eigenvalue weighted by atomic mass is 10.1. The number of anilines is 2. The highest BCUT2D eigenvalue weighted by molar-refractivity contribution is 7.89. The number of rotatable bonds is 3. The van der Waals surface area contributed by atoms with Crippen LogP contribution in [0.15, 0.2) is 23.1 Å². The maximum absolute atomic E-state index is 13.1. The van der Waals surface area contributed by atoms with Crippen LogP contribution >= 0.6 is 0 Å². The Bertz CT molecular complexity index is 648. The van der Waals surface area contributed by atoms with Crippen molar-refractivity contribution in [2.24, 2.45) is 0 Å². The SMILES string of the molecule is CN1CCN(S(=O)(=O)c2cc(N)ccc2N2CCCCC2)CC1. The average Bonchev–Trinajstić information content (AvgIpc) is 2.56. The Hall–Kier alpha value is -1.31. The van der Waals surface area contributed by atoms with Gasteiger partial charge < -0.3 is 15.5 Å². The van der Waals surface area contributed by atoms with Crippen molar-refractivity contribution < 1.29 is 8.42 Å². The van der Waals surface area contributed by atoms with Crippen LogP contribution in [0.5, 0.6) is 0 Å². The Morgan fingerprint density at radius 3 is 2.26 bits per heavy atom. The normalized spacial score (nSPS) is 21.5. The van der Waals surface area contributed by atoms with E-state index < -0.39 is 10.0 Å². The van der Waals surface area contributed by atoms with Crippen LogP contribution in [-0.4, -0.2) is 63.9 Å². The molecular weight excluding hydrogens is 312 g/mol. The summed E-state index contributed by atoms with van der Waals surface area (Å²) in [6.45, 7) is 4.42. The molecule has 0 radical (unpaired) electrons. The minimum Gasteiger partial charge on any atom is -0.399 e. The van der Waals surface area contributed by atoms with Gasteiger partial charge >= 0.3 is 0 Å². The summed E-state index contributed by atoms with van der Waals surface area (Å²) in [6.07, 6.45) is 3.43. The fourth-order valence-corrected chi connectivity index (χ4v) is 4.97. The highest BCUT2D eigenvalue weighted by atomic mass is 32.2. The van der Waals surface area contributed by atoms with Crippen LogP contribution < -0.4 is 10.6 Å². The predicted octanol–water partition coefficient (Wildman–Crippen LogP) is 1.20. The maximum Gasteiger partial charge on any atom is 0.245 e. The Balaban J connectivity index is 1.95. The smallest absolute Gasteiger partial charge is 0.245 e. The third kappa shape index (κ3) is 3.46. The minimum absolute atomic E-state index is 0.365. The quantitative estimate of drug-likeness (QED) is 0.839. The van der Waals surface area contributed by atoms with Crippen molar-refractivity contribution >= 4 is 21.4 Å². The van der Waals surface area contributed by atoms with Gasteiger partial charge in [0.2, 0.25) is 10.0 Å². The van der Waals surface area contributed by atoms with Crippen molar-refractivity contribution in [1.29, 1.82) is 0 Å². The van der Waals surface area contributed by atoms with E-state index in [0.717, 1.165) is 44.7 Å². The lowest BCUT2D eigenvalue weighted by Crippen LogP contribution is -2.47. The lowest BCUT2D eigenvalue weighted by Gasteiger charge is -2.34. The zero-order valence-corrected chi connectivity index (χ0v) is 14.6. The molecule has 1 aromatic carbocycles. The highest BCUT2D eigenvalue weighted by Crippen LogP contribution is 2.32.